The van der Waals surface area contributed by atoms with E-state index in [0.29, 0.717) is 36.7 Å². The summed E-state index contributed by atoms with van der Waals surface area (Å²) < 4.78 is 46.7. The molecule has 0 spiro atoms. The second kappa shape index (κ2) is 9.86. The number of likely N-dealkylation sites (tertiary alicyclic amines) is 1. The van der Waals surface area contributed by atoms with Crippen LogP contribution in [0.3, 0.4) is 0 Å². The van der Waals surface area contributed by atoms with E-state index in [-0.39, 0.29) is 11.7 Å². The normalized spacial score (nSPS) is 16.6. The maximum absolute atomic E-state index is 13.0. The first kappa shape index (κ1) is 23.8. The number of anilines is 1. The van der Waals surface area contributed by atoms with Crippen LogP contribution < -0.4 is 10.1 Å². The summed E-state index contributed by atoms with van der Waals surface area (Å²) in [5.41, 5.74) is 0.869. The standard InChI is InChI=1S/C24H25F3N4O3/c1-30-21(7-9-28-30)20-14-18(5-6-22(20)34-12-11-31-10-8-19(32)15-31)29-23(33)16-3-2-4-17(13-16)24(25,26)27/h2-7,9,13-14,19,32H,8,10-12,15H2,1H3,(H,29,33). The Kier molecular flexibility index (Phi) is 6.90. The minimum absolute atomic E-state index is 0.0926. The van der Waals surface area contributed by atoms with E-state index in [2.05, 4.69) is 15.3 Å². The number of benzene rings is 2. The number of halogens is 3. The van der Waals surface area contributed by atoms with Crippen molar-refractivity contribution in [2.75, 3.05) is 31.6 Å². The van der Waals surface area contributed by atoms with E-state index < -0.39 is 17.6 Å². The molecule has 34 heavy (non-hydrogen) atoms. The molecule has 4 rings (SSSR count). The third-order valence-electron chi connectivity index (χ3n) is 5.70. The Balaban J connectivity index is 1.52. The highest BCUT2D eigenvalue weighted by molar-refractivity contribution is 6.04. The lowest BCUT2D eigenvalue weighted by atomic mass is 10.1. The van der Waals surface area contributed by atoms with Gasteiger partial charge in [-0.25, -0.2) is 0 Å². The second-order valence-corrected chi connectivity index (χ2v) is 8.18. The molecule has 3 aromatic rings. The average Bonchev–Trinajstić information content (AvgIpc) is 3.41. The summed E-state index contributed by atoms with van der Waals surface area (Å²) in [5.74, 6) is -0.0660. The van der Waals surface area contributed by atoms with Crippen molar-refractivity contribution >= 4 is 11.6 Å². The summed E-state index contributed by atoms with van der Waals surface area (Å²) in [7, 11) is 1.78. The van der Waals surface area contributed by atoms with Crippen molar-refractivity contribution in [3.05, 3.63) is 65.9 Å². The third kappa shape index (κ3) is 5.57. The van der Waals surface area contributed by atoms with Gasteiger partial charge >= 0.3 is 6.18 Å². The number of ether oxygens (including phenoxy) is 1. The fourth-order valence-corrected chi connectivity index (χ4v) is 3.91. The summed E-state index contributed by atoms with van der Waals surface area (Å²) in [6.45, 7) is 2.52. The molecule has 1 aliphatic rings. The molecule has 2 heterocycles. The molecular weight excluding hydrogens is 449 g/mol. The Morgan fingerprint density at radius 2 is 2.06 bits per heavy atom. The molecule has 1 fully saturated rings. The number of hydrogen-bond acceptors (Lipinski definition) is 5. The van der Waals surface area contributed by atoms with Gasteiger partial charge in [-0.3, -0.25) is 14.4 Å². The molecule has 7 nitrogen and oxygen atoms in total. The number of β-amino-alcohol motifs (C(OH)–C–C–N with tert-alkyl or cyclic N) is 1. The number of aromatic nitrogens is 2. The SMILES string of the molecule is Cn1nccc1-c1cc(NC(=O)c2cccc(C(F)(F)F)c2)ccc1OCCN1CCC(O)C1. The van der Waals surface area contributed by atoms with Crippen LogP contribution in [0, 0.1) is 0 Å². The van der Waals surface area contributed by atoms with Gasteiger partial charge < -0.3 is 15.2 Å². The zero-order valence-corrected chi connectivity index (χ0v) is 18.5. The van der Waals surface area contributed by atoms with Crippen LogP contribution in [0.1, 0.15) is 22.3 Å². The summed E-state index contributed by atoms with van der Waals surface area (Å²) in [5, 5.41) is 16.5. The van der Waals surface area contributed by atoms with Crippen LogP contribution >= 0.6 is 0 Å². The monoisotopic (exact) mass is 474 g/mol. The summed E-state index contributed by atoms with van der Waals surface area (Å²) in [6.07, 6.45) is -2.45. The molecule has 0 aliphatic carbocycles. The average molecular weight is 474 g/mol. The molecule has 180 valence electrons. The molecular formula is C24H25F3N4O3. The number of aryl methyl sites for hydroxylation is 1. The lowest BCUT2D eigenvalue weighted by Gasteiger charge is -2.18. The third-order valence-corrected chi connectivity index (χ3v) is 5.70. The fraction of sp³-hybridized carbons (Fsp3) is 0.333. The van der Waals surface area contributed by atoms with Crippen molar-refractivity contribution in [1.29, 1.82) is 0 Å². The van der Waals surface area contributed by atoms with Crippen LogP contribution in [-0.4, -0.2) is 58.0 Å². The number of rotatable bonds is 7. The largest absolute Gasteiger partial charge is 0.492 e. The fourth-order valence-electron chi connectivity index (χ4n) is 3.91. The number of alkyl halides is 3. The molecule has 2 N–H and O–H groups in total. The maximum atomic E-state index is 13.0. The first-order valence-corrected chi connectivity index (χ1v) is 10.8. The lowest BCUT2D eigenvalue weighted by molar-refractivity contribution is -0.137. The predicted octanol–water partition coefficient (Wildman–Crippen LogP) is 3.80. The van der Waals surface area contributed by atoms with Crippen LogP contribution in [0.25, 0.3) is 11.3 Å². The Bertz CT molecular complexity index is 1160. The Morgan fingerprint density at radius 3 is 2.74 bits per heavy atom. The van der Waals surface area contributed by atoms with Crippen molar-refractivity contribution in [3.8, 4) is 17.0 Å². The molecule has 0 radical (unpaired) electrons. The first-order chi connectivity index (χ1) is 16.2. The Morgan fingerprint density at radius 1 is 1.24 bits per heavy atom. The quantitative estimate of drug-likeness (QED) is 0.545. The van der Waals surface area contributed by atoms with E-state index >= 15 is 0 Å². The predicted molar refractivity (Wildman–Crippen MR) is 121 cm³/mol. The van der Waals surface area contributed by atoms with E-state index in [1.807, 2.05) is 0 Å². The van der Waals surface area contributed by atoms with Crippen LogP contribution in [0.5, 0.6) is 5.75 Å². The minimum atomic E-state index is -4.53. The lowest BCUT2D eigenvalue weighted by Crippen LogP contribution is -2.27. The van der Waals surface area contributed by atoms with E-state index in [4.69, 9.17) is 4.74 Å². The molecule has 0 bridgehead atoms. The van der Waals surface area contributed by atoms with Gasteiger partial charge in [0, 0.05) is 49.7 Å². The van der Waals surface area contributed by atoms with Crippen molar-refractivity contribution < 1.29 is 27.8 Å². The van der Waals surface area contributed by atoms with Gasteiger partial charge in [-0.2, -0.15) is 18.3 Å². The van der Waals surface area contributed by atoms with Crippen LogP contribution in [0.2, 0.25) is 0 Å². The molecule has 1 aliphatic heterocycles. The smallest absolute Gasteiger partial charge is 0.416 e. The number of aliphatic hydroxyl groups is 1. The molecule has 2 aromatic carbocycles. The zero-order valence-electron chi connectivity index (χ0n) is 18.5. The molecule has 1 aromatic heterocycles. The first-order valence-electron chi connectivity index (χ1n) is 10.8. The van der Waals surface area contributed by atoms with E-state index in [1.165, 1.54) is 12.1 Å². The number of nitrogens with zero attached hydrogens (tertiary/aromatic N) is 3. The van der Waals surface area contributed by atoms with Crippen LogP contribution in [-0.2, 0) is 13.2 Å². The summed E-state index contributed by atoms with van der Waals surface area (Å²) in [6, 6.07) is 11.1. The van der Waals surface area contributed by atoms with E-state index in [0.717, 1.165) is 30.8 Å². The van der Waals surface area contributed by atoms with Gasteiger partial charge in [-0.15, -0.1) is 0 Å². The molecule has 1 saturated heterocycles. The molecule has 10 heteroatoms. The van der Waals surface area contributed by atoms with Gasteiger partial charge in [0.2, 0.25) is 0 Å². The van der Waals surface area contributed by atoms with Crippen LogP contribution in [0.15, 0.2) is 54.7 Å². The number of carbonyl (C=O) groups excluding carboxylic acids is 1. The van der Waals surface area contributed by atoms with Crippen LogP contribution in [0.4, 0.5) is 18.9 Å². The summed E-state index contributed by atoms with van der Waals surface area (Å²) in [4.78, 5) is 14.8. The highest BCUT2D eigenvalue weighted by atomic mass is 19.4. The van der Waals surface area contributed by atoms with Gasteiger partial charge in [0.15, 0.2) is 0 Å². The topological polar surface area (TPSA) is 79.6 Å². The van der Waals surface area contributed by atoms with Crippen molar-refractivity contribution in [2.24, 2.45) is 7.05 Å². The Labute approximate surface area is 194 Å². The van der Waals surface area contributed by atoms with Gasteiger partial charge in [0.05, 0.1) is 17.4 Å². The molecule has 0 saturated carbocycles. The van der Waals surface area contributed by atoms with E-state index in [1.54, 1.807) is 42.2 Å². The molecule has 1 atom stereocenters. The molecule has 1 unspecified atom stereocenters. The van der Waals surface area contributed by atoms with Crippen molar-refractivity contribution in [3.63, 3.8) is 0 Å². The number of hydrogen-bond donors (Lipinski definition) is 2. The highest BCUT2D eigenvalue weighted by Gasteiger charge is 2.31. The Hall–Kier alpha value is -3.37. The minimum Gasteiger partial charge on any atom is -0.492 e. The highest BCUT2D eigenvalue weighted by Crippen LogP contribution is 2.33. The van der Waals surface area contributed by atoms with Gasteiger partial charge in [-0.1, -0.05) is 6.07 Å². The molecule has 1 amide bonds. The second-order valence-electron chi connectivity index (χ2n) is 8.18. The van der Waals surface area contributed by atoms with Crippen molar-refractivity contribution in [2.45, 2.75) is 18.7 Å². The van der Waals surface area contributed by atoms with Gasteiger partial charge in [0.25, 0.3) is 5.91 Å². The van der Waals surface area contributed by atoms with Gasteiger partial charge in [-0.05, 0) is 48.9 Å². The number of aliphatic hydroxyl groups excluding tert-OH is 1. The van der Waals surface area contributed by atoms with Crippen molar-refractivity contribution in [1.82, 2.24) is 14.7 Å². The summed E-state index contributed by atoms with van der Waals surface area (Å²) >= 11 is 0. The number of carbonyl (C=O) groups is 1. The number of nitrogens with one attached hydrogen (secondary N) is 1. The van der Waals surface area contributed by atoms with Gasteiger partial charge in [0.1, 0.15) is 12.4 Å². The number of amides is 1. The van der Waals surface area contributed by atoms with E-state index in [9.17, 15) is 23.1 Å². The zero-order chi connectivity index (χ0) is 24.3. The maximum Gasteiger partial charge on any atom is 0.416 e.